The molecule has 3 nitrogen and oxygen atoms in total. The van der Waals surface area contributed by atoms with Crippen molar-refractivity contribution in [3.63, 3.8) is 0 Å². The molecule has 0 fully saturated rings. The monoisotopic (exact) mass is 302 g/mol. The number of aryl methyl sites for hydroxylation is 1. The minimum absolute atomic E-state index is 0.434. The van der Waals surface area contributed by atoms with Gasteiger partial charge < -0.3 is 11.1 Å². The predicted octanol–water partition coefficient (Wildman–Crippen LogP) is 3.08. The Kier molecular flexibility index (Phi) is 5.37. The summed E-state index contributed by atoms with van der Waals surface area (Å²) >= 11 is 6.15. The molecule has 0 atom stereocenters. The first-order valence-corrected chi connectivity index (χ1v) is 7.29. The molecule has 0 aliphatic carbocycles. The highest BCUT2D eigenvalue weighted by Crippen LogP contribution is 2.17. The number of amides is 1. The lowest BCUT2D eigenvalue weighted by Gasteiger charge is -2.09. The second-order valence-electron chi connectivity index (χ2n) is 5.02. The van der Waals surface area contributed by atoms with E-state index in [-0.39, 0.29) is 0 Å². The topological polar surface area (TPSA) is 55.1 Å². The Hall–Kier alpha value is -1.84. The third-order valence-electron chi connectivity index (χ3n) is 3.49. The van der Waals surface area contributed by atoms with Gasteiger partial charge in [0.1, 0.15) is 0 Å². The lowest BCUT2D eigenvalue weighted by Crippen LogP contribution is -2.17. The van der Waals surface area contributed by atoms with Crippen molar-refractivity contribution in [3.05, 3.63) is 69.7 Å². The average molecular weight is 303 g/mol. The van der Waals surface area contributed by atoms with Crippen LogP contribution in [0.1, 0.15) is 27.0 Å². The number of hydrogen-bond donors (Lipinski definition) is 2. The van der Waals surface area contributed by atoms with Crippen molar-refractivity contribution in [1.82, 2.24) is 5.32 Å². The lowest BCUT2D eigenvalue weighted by molar-refractivity contribution is 0.100. The first-order valence-electron chi connectivity index (χ1n) is 6.91. The van der Waals surface area contributed by atoms with Gasteiger partial charge in [-0.1, -0.05) is 41.9 Å². The Labute approximate surface area is 130 Å². The zero-order chi connectivity index (χ0) is 15.2. The third kappa shape index (κ3) is 4.31. The Morgan fingerprint density at radius 2 is 1.95 bits per heavy atom. The maximum atomic E-state index is 11.1. The van der Waals surface area contributed by atoms with Gasteiger partial charge in [0.15, 0.2) is 0 Å². The van der Waals surface area contributed by atoms with Gasteiger partial charge >= 0.3 is 0 Å². The van der Waals surface area contributed by atoms with Crippen molar-refractivity contribution in [3.8, 4) is 0 Å². The van der Waals surface area contributed by atoms with Crippen LogP contribution in [0.4, 0.5) is 0 Å². The first-order chi connectivity index (χ1) is 10.1. The molecule has 0 aromatic heterocycles. The lowest BCUT2D eigenvalue weighted by atomic mass is 10.1. The van der Waals surface area contributed by atoms with Crippen LogP contribution in [0.15, 0.2) is 42.5 Å². The number of nitrogens with one attached hydrogen (secondary N) is 1. The smallest absolute Gasteiger partial charge is 0.248 e. The molecule has 4 heteroatoms. The summed E-state index contributed by atoms with van der Waals surface area (Å²) in [5.41, 5.74) is 9.27. The van der Waals surface area contributed by atoms with E-state index in [1.807, 2.05) is 12.1 Å². The summed E-state index contributed by atoms with van der Waals surface area (Å²) in [5.74, 6) is -0.462. The summed E-state index contributed by atoms with van der Waals surface area (Å²) in [6, 6.07) is 13.5. The van der Waals surface area contributed by atoms with E-state index >= 15 is 0 Å². The molecule has 1 amide bonds. The van der Waals surface area contributed by atoms with Crippen molar-refractivity contribution in [2.24, 2.45) is 5.73 Å². The van der Waals surface area contributed by atoms with E-state index in [4.69, 9.17) is 17.3 Å². The third-order valence-corrected chi connectivity index (χ3v) is 3.84. The van der Waals surface area contributed by atoms with Crippen LogP contribution in [0.25, 0.3) is 0 Å². The van der Waals surface area contributed by atoms with Crippen LogP contribution in [-0.4, -0.2) is 12.5 Å². The molecule has 110 valence electrons. The predicted molar refractivity (Wildman–Crippen MR) is 86.6 cm³/mol. The van der Waals surface area contributed by atoms with E-state index in [0.717, 1.165) is 18.5 Å². The number of benzene rings is 2. The molecular weight excluding hydrogens is 284 g/mol. The minimum atomic E-state index is -0.462. The van der Waals surface area contributed by atoms with Crippen LogP contribution < -0.4 is 11.1 Å². The van der Waals surface area contributed by atoms with Crippen LogP contribution in [0.2, 0.25) is 5.02 Å². The van der Waals surface area contributed by atoms with Crippen molar-refractivity contribution in [2.45, 2.75) is 19.9 Å². The van der Waals surface area contributed by atoms with Crippen molar-refractivity contribution >= 4 is 17.5 Å². The second-order valence-corrected chi connectivity index (χ2v) is 5.43. The zero-order valence-corrected chi connectivity index (χ0v) is 12.8. The highest BCUT2D eigenvalue weighted by atomic mass is 35.5. The van der Waals surface area contributed by atoms with Crippen LogP contribution >= 0.6 is 11.6 Å². The van der Waals surface area contributed by atoms with Gasteiger partial charge in [-0.2, -0.15) is 0 Å². The van der Waals surface area contributed by atoms with Gasteiger partial charge in [-0.15, -0.1) is 0 Å². The van der Waals surface area contributed by atoms with Crippen LogP contribution in [0.5, 0.6) is 0 Å². The number of primary amides is 1. The molecule has 0 bridgehead atoms. The number of hydrogen-bond acceptors (Lipinski definition) is 2. The molecule has 2 rings (SSSR count). The molecule has 21 heavy (non-hydrogen) atoms. The van der Waals surface area contributed by atoms with Crippen LogP contribution in [0, 0.1) is 6.92 Å². The summed E-state index contributed by atoms with van der Waals surface area (Å²) in [5, 5.41) is 3.93. The van der Waals surface area contributed by atoms with E-state index in [9.17, 15) is 4.79 Å². The SMILES string of the molecule is Cc1ccccc1CCNCc1ccc(C(N)=O)cc1Cl. The van der Waals surface area contributed by atoms with Gasteiger partial charge in [0, 0.05) is 17.1 Å². The molecule has 3 N–H and O–H groups in total. The molecule has 2 aromatic carbocycles. The highest BCUT2D eigenvalue weighted by Gasteiger charge is 2.05. The van der Waals surface area contributed by atoms with Crippen molar-refractivity contribution < 1.29 is 4.79 Å². The van der Waals surface area contributed by atoms with Crippen molar-refractivity contribution in [2.75, 3.05) is 6.54 Å². The largest absolute Gasteiger partial charge is 0.366 e. The summed E-state index contributed by atoms with van der Waals surface area (Å²) < 4.78 is 0. The molecule has 0 aliphatic rings. The Balaban J connectivity index is 1.87. The number of nitrogens with two attached hydrogens (primary N) is 1. The fourth-order valence-electron chi connectivity index (χ4n) is 2.18. The van der Waals surface area contributed by atoms with Gasteiger partial charge in [-0.05, 0) is 48.7 Å². The first kappa shape index (κ1) is 15.5. The van der Waals surface area contributed by atoms with E-state index in [2.05, 4.69) is 30.4 Å². The van der Waals surface area contributed by atoms with Gasteiger partial charge in [0.2, 0.25) is 5.91 Å². The van der Waals surface area contributed by atoms with Crippen LogP contribution in [-0.2, 0) is 13.0 Å². The standard InChI is InChI=1S/C17H19ClN2O/c1-12-4-2-3-5-13(12)8-9-20-11-15-7-6-14(17(19)21)10-16(15)18/h2-7,10,20H,8-9,11H2,1H3,(H2,19,21). The number of carbonyl (C=O) groups is 1. The molecule has 0 aliphatic heterocycles. The molecule has 2 aromatic rings. The molecular formula is C17H19ClN2O. The summed E-state index contributed by atoms with van der Waals surface area (Å²) in [6.45, 7) is 3.66. The quantitative estimate of drug-likeness (QED) is 0.806. The molecule has 0 saturated carbocycles. The maximum Gasteiger partial charge on any atom is 0.248 e. The summed E-state index contributed by atoms with van der Waals surface area (Å²) in [6.07, 6.45) is 0.976. The van der Waals surface area contributed by atoms with E-state index in [1.54, 1.807) is 12.1 Å². The molecule has 0 heterocycles. The summed E-state index contributed by atoms with van der Waals surface area (Å²) in [7, 11) is 0. The fraction of sp³-hybridized carbons (Fsp3) is 0.235. The number of carbonyl (C=O) groups excluding carboxylic acids is 1. The van der Waals surface area contributed by atoms with E-state index < -0.39 is 5.91 Å². The minimum Gasteiger partial charge on any atom is -0.366 e. The van der Waals surface area contributed by atoms with Gasteiger partial charge in [0.25, 0.3) is 0 Å². The van der Waals surface area contributed by atoms with Gasteiger partial charge in [-0.25, -0.2) is 0 Å². The Morgan fingerprint density at radius 3 is 2.62 bits per heavy atom. The van der Waals surface area contributed by atoms with Crippen molar-refractivity contribution in [1.29, 1.82) is 0 Å². The number of rotatable bonds is 6. The van der Waals surface area contributed by atoms with Gasteiger partial charge in [-0.3, -0.25) is 4.79 Å². The van der Waals surface area contributed by atoms with Crippen LogP contribution in [0.3, 0.4) is 0 Å². The Bertz CT molecular complexity index is 640. The zero-order valence-electron chi connectivity index (χ0n) is 12.0. The van der Waals surface area contributed by atoms with Gasteiger partial charge in [0.05, 0.1) is 0 Å². The molecule has 0 radical (unpaired) electrons. The summed E-state index contributed by atoms with van der Waals surface area (Å²) in [4.78, 5) is 11.1. The fourth-order valence-corrected chi connectivity index (χ4v) is 2.43. The molecule has 0 spiro atoms. The average Bonchev–Trinajstić information content (AvgIpc) is 2.46. The second kappa shape index (κ2) is 7.25. The highest BCUT2D eigenvalue weighted by molar-refractivity contribution is 6.31. The normalized spacial score (nSPS) is 10.6. The van der Waals surface area contributed by atoms with E-state index in [0.29, 0.717) is 17.1 Å². The number of halogens is 1. The van der Waals surface area contributed by atoms with E-state index in [1.165, 1.54) is 11.1 Å². The maximum absolute atomic E-state index is 11.1. The molecule has 0 unspecified atom stereocenters. The molecule has 0 saturated heterocycles. The Morgan fingerprint density at radius 1 is 1.19 bits per heavy atom.